The molecular weight excluding hydrogens is 294 g/mol. The standard InChI is InChI=1S/C14H11NO3S2/c16-13(15-12-6-5-11(20-12)14(17)18)9-7-19-10-4-2-1-3-8(9)10/h1-6,9H,7H2,(H,15,16)(H,17,18). The van der Waals surface area contributed by atoms with Crippen LogP contribution in [0.25, 0.3) is 0 Å². The summed E-state index contributed by atoms with van der Waals surface area (Å²) in [6.45, 7) is 0. The first-order chi connectivity index (χ1) is 9.65. The van der Waals surface area contributed by atoms with Crippen molar-refractivity contribution in [1.29, 1.82) is 0 Å². The van der Waals surface area contributed by atoms with Crippen LogP contribution in [0.3, 0.4) is 0 Å². The molecule has 1 aromatic carbocycles. The molecule has 102 valence electrons. The summed E-state index contributed by atoms with van der Waals surface area (Å²) in [6, 6.07) is 11.0. The van der Waals surface area contributed by atoms with Crippen LogP contribution >= 0.6 is 23.1 Å². The van der Waals surface area contributed by atoms with E-state index in [-0.39, 0.29) is 16.7 Å². The van der Waals surface area contributed by atoms with Crippen molar-refractivity contribution in [3.63, 3.8) is 0 Å². The second-order valence-corrected chi connectivity index (χ2v) is 6.51. The summed E-state index contributed by atoms with van der Waals surface area (Å²) in [7, 11) is 0. The van der Waals surface area contributed by atoms with Crippen molar-refractivity contribution in [3.8, 4) is 0 Å². The van der Waals surface area contributed by atoms with Gasteiger partial charge in [0.2, 0.25) is 5.91 Å². The molecule has 0 saturated carbocycles. The molecule has 20 heavy (non-hydrogen) atoms. The number of carbonyl (C=O) groups excluding carboxylic acids is 1. The molecule has 3 rings (SSSR count). The highest BCUT2D eigenvalue weighted by Gasteiger charge is 2.29. The molecule has 4 nitrogen and oxygen atoms in total. The lowest BCUT2D eigenvalue weighted by molar-refractivity contribution is -0.117. The summed E-state index contributed by atoms with van der Waals surface area (Å²) in [6.07, 6.45) is 0. The summed E-state index contributed by atoms with van der Waals surface area (Å²) in [5.41, 5.74) is 1.05. The number of fused-ring (bicyclic) bond motifs is 1. The van der Waals surface area contributed by atoms with Gasteiger partial charge in [-0.2, -0.15) is 0 Å². The zero-order chi connectivity index (χ0) is 14.1. The number of hydrogen-bond donors (Lipinski definition) is 2. The fourth-order valence-electron chi connectivity index (χ4n) is 2.11. The fourth-order valence-corrected chi connectivity index (χ4v) is 4.09. The van der Waals surface area contributed by atoms with Crippen molar-refractivity contribution in [1.82, 2.24) is 0 Å². The normalized spacial score (nSPS) is 16.7. The van der Waals surface area contributed by atoms with Crippen molar-refractivity contribution >= 4 is 40.0 Å². The lowest BCUT2D eigenvalue weighted by atomic mass is 10.0. The Labute approximate surface area is 123 Å². The molecule has 1 atom stereocenters. The van der Waals surface area contributed by atoms with Crippen LogP contribution < -0.4 is 5.32 Å². The van der Waals surface area contributed by atoms with Gasteiger partial charge in [-0.25, -0.2) is 4.79 Å². The minimum atomic E-state index is -0.975. The van der Waals surface area contributed by atoms with Gasteiger partial charge in [0.15, 0.2) is 0 Å². The molecule has 0 radical (unpaired) electrons. The molecular formula is C14H11NO3S2. The third kappa shape index (κ3) is 2.44. The van der Waals surface area contributed by atoms with Gasteiger partial charge in [0.05, 0.1) is 10.9 Å². The predicted molar refractivity (Wildman–Crippen MR) is 79.8 cm³/mol. The van der Waals surface area contributed by atoms with Crippen LogP contribution in [0.2, 0.25) is 0 Å². The van der Waals surface area contributed by atoms with Crippen LogP contribution in [0.1, 0.15) is 21.2 Å². The maximum atomic E-state index is 12.3. The molecule has 1 aliphatic heterocycles. The summed E-state index contributed by atoms with van der Waals surface area (Å²) in [5.74, 6) is -0.507. The number of thioether (sulfide) groups is 1. The summed E-state index contributed by atoms with van der Waals surface area (Å²) in [5, 5.41) is 12.2. The van der Waals surface area contributed by atoms with Gasteiger partial charge in [-0.1, -0.05) is 18.2 Å². The first-order valence-electron chi connectivity index (χ1n) is 6.01. The Morgan fingerprint density at radius 3 is 2.75 bits per heavy atom. The number of anilines is 1. The Bertz CT molecular complexity index is 681. The van der Waals surface area contributed by atoms with E-state index in [0.29, 0.717) is 5.00 Å². The lowest BCUT2D eigenvalue weighted by Gasteiger charge is -2.10. The number of aromatic carboxylic acids is 1. The first-order valence-corrected chi connectivity index (χ1v) is 7.81. The molecule has 0 saturated heterocycles. The Balaban J connectivity index is 1.75. The molecule has 1 aliphatic rings. The van der Waals surface area contributed by atoms with E-state index in [9.17, 15) is 9.59 Å². The number of hydrogen-bond acceptors (Lipinski definition) is 4. The zero-order valence-corrected chi connectivity index (χ0v) is 12.0. The van der Waals surface area contributed by atoms with Crippen LogP contribution in [0.4, 0.5) is 5.00 Å². The number of carboxylic acid groups (broad SMARTS) is 1. The zero-order valence-electron chi connectivity index (χ0n) is 10.3. The third-order valence-corrected chi connectivity index (χ3v) is 5.25. The van der Waals surface area contributed by atoms with E-state index in [4.69, 9.17) is 5.11 Å². The van der Waals surface area contributed by atoms with Gasteiger partial charge in [0.25, 0.3) is 0 Å². The quantitative estimate of drug-likeness (QED) is 0.913. The van der Waals surface area contributed by atoms with Gasteiger partial charge in [0, 0.05) is 10.6 Å². The summed E-state index contributed by atoms with van der Waals surface area (Å²) < 4.78 is 0. The van der Waals surface area contributed by atoms with Gasteiger partial charge in [-0.3, -0.25) is 4.79 Å². The molecule has 0 spiro atoms. The lowest BCUT2D eigenvalue weighted by Crippen LogP contribution is -2.20. The Morgan fingerprint density at radius 1 is 1.20 bits per heavy atom. The summed E-state index contributed by atoms with van der Waals surface area (Å²) >= 11 is 2.74. The minimum Gasteiger partial charge on any atom is -0.477 e. The largest absolute Gasteiger partial charge is 0.477 e. The van der Waals surface area contributed by atoms with E-state index >= 15 is 0 Å². The van der Waals surface area contributed by atoms with Gasteiger partial charge < -0.3 is 10.4 Å². The maximum Gasteiger partial charge on any atom is 0.345 e. The molecule has 1 amide bonds. The number of rotatable bonds is 3. The number of carbonyl (C=O) groups is 2. The predicted octanol–water partition coefficient (Wildman–Crippen LogP) is 3.27. The van der Waals surface area contributed by atoms with Gasteiger partial charge >= 0.3 is 5.97 Å². The average molecular weight is 305 g/mol. The second-order valence-electron chi connectivity index (χ2n) is 4.36. The summed E-state index contributed by atoms with van der Waals surface area (Å²) in [4.78, 5) is 24.5. The van der Waals surface area contributed by atoms with Crippen molar-refractivity contribution < 1.29 is 14.7 Å². The maximum absolute atomic E-state index is 12.3. The van der Waals surface area contributed by atoms with E-state index in [0.717, 1.165) is 27.5 Å². The smallest absolute Gasteiger partial charge is 0.345 e. The van der Waals surface area contributed by atoms with Gasteiger partial charge in [-0.15, -0.1) is 23.1 Å². The fraction of sp³-hybridized carbons (Fsp3) is 0.143. The van der Waals surface area contributed by atoms with Crippen molar-refractivity contribution in [2.45, 2.75) is 10.8 Å². The van der Waals surface area contributed by atoms with Crippen molar-refractivity contribution in [2.75, 3.05) is 11.1 Å². The highest BCUT2D eigenvalue weighted by molar-refractivity contribution is 7.99. The van der Waals surface area contributed by atoms with Gasteiger partial charge in [0.1, 0.15) is 4.88 Å². The molecule has 1 unspecified atom stereocenters. The number of carboxylic acids is 1. The molecule has 2 N–H and O–H groups in total. The van der Waals surface area contributed by atoms with Crippen LogP contribution in [-0.2, 0) is 4.79 Å². The van der Waals surface area contributed by atoms with Crippen LogP contribution in [-0.4, -0.2) is 22.7 Å². The van der Waals surface area contributed by atoms with E-state index in [1.165, 1.54) is 6.07 Å². The Hall–Kier alpha value is -1.79. The van der Waals surface area contributed by atoms with Crippen molar-refractivity contribution in [3.05, 3.63) is 46.8 Å². The molecule has 0 bridgehead atoms. The number of nitrogens with one attached hydrogen (secondary N) is 1. The molecule has 1 aromatic heterocycles. The van der Waals surface area contributed by atoms with Crippen LogP contribution in [0, 0.1) is 0 Å². The van der Waals surface area contributed by atoms with E-state index < -0.39 is 5.97 Å². The van der Waals surface area contributed by atoms with Crippen molar-refractivity contribution in [2.24, 2.45) is 0 Å². The number of benzene rings is 1. The SMILES string of the molecule is O=C(O)c1ccc(NC(=O)C2CSc3ccccc32)s1. The molecule has 2 heterocycles. The van der Waals surface area contributed by atoms with Crippen LogP contribution in [0.5, 0.6) is 0 Å². The highest BCUT2D eigenvalue weighted by atomic mass is 32.2. The number of thiophene rings is 1. The monoisotopic (exact) mass is 305 g/mol. The molecule has 6 heteroatoms. The molecule has 2 aromatic rings. The Morgan fingerprint density at radius 2 is 2.00 bits per heavy atom. The number of amides is 1. The van der Waals surface area contributed by atoms with E-state index in [2.05, 4.69) is 5.32 Å². The highest BCUT2D eigenvalue weighted by Crippen LogP contribution is 2.40. The molecule has 0 aliphatic carbocycles. The topological polar surface area (TPSA) is 66.4 Å². The molecule has 0 fully saturated rings. The average Bonchev–Trinajstić information content (AvgIpc) is 3.04. The Kier molecular flexibility index (Phi) is 3.50. The van der Waals surface area contributed by atoms with E-state index in [1.54, 1.807) is 17.8 Å². The van der Waals surface area contributed by atoms with Crippen LogP contribution in [0.15, 0.2) is 41.3 Å². The minimum absolute atomic E-state index is 0.0822. The first kappa shape index (κ1) is 13.2. The van der Waals surface area contributed by atoms with E-state index in [1.807, 2.05) is 24.3 Å². The second kappa shape index (κ2) is 5.30. The third-order valence-electron chi connectivity index (χ3n) is 3.08. The van der Waals surface area contributed by atoms with Gasteiger partial charge in [-0.05, 0) is 23.8 Å².